The molecule has 0 aliphatic rings. The summed E-state index contributed by atoms with van der Waals surface area (Å²) in [6.45, 7) is 0. The van der Waals surface area contributed by atoms with Crippen LogP contribution in [0.1, 0.15) is 0 Å². The Labute approximate surface area is 110 Å². The predicted molar refractivity (Wildman–Crippen MR) is 76.0 cm³/mol. The van der Waals surface area contributed by atoms with Crippen LogP contribution in [0.5, 0.6) is 0 Å². The van der Waals surface area contributed by atoms with Crippen molar-refractivity contribution in [3.63, 3.8) is 0 Å². The monoisotopic (exact) mass is 251 g/mol. The van der Waals surface area contributed by atoms with Gasteiger partial charge in [-0.3, -0.25) is 9.20 Å². The van der Waals surface area contributed by atoms with E-state index in [4.69, 9.17) is 0 Å². The van der Waals surface area contributed by atoms with Crippen molar-refractivity contribution in [2.45, 2.75) is 0 Å². The van der Waals surface area contributed by atoms with Crippen LogP contribution in [-0.2, 0) is 0 Å². The molecule has 0 saturated heterocycles. The van der Waals surface area contributed by atoms with Crippen LogP contribution >= 0.6 is 0 Å². The molecule has 0 aliphatic carbocycles. The third-order valence-electron chi connectivity index (χ3n) is 3.04. The summed E-state index contributed by atoms with van der Waals surface area (Å²) in [7, 11) is 1.90. The van der Waals surface area contributed by atoms with E-state index in [0.717, 1.165) is 5.69 Å². The van der Waals surface area contributed by atoms with Gasteiger partial charge in [0.15, 0.2) is 0 Å². The molecule has 3 rings (SSSR count). The Kier molecular flexibility index (Phi) is 2.76. The minimum Gasteiger partial charge on any atom is -0.329 e. The van der Waals surface area contributed by atoms with Crippen LogP contribution in [0.25, 0.3) is 5.65 Å². The number of anilines is 2. The van der Waals surface area contributed by atoms with E-state index in [-0.39, 0.29) is 5.56 Å². The number of hydrogen-bond acceptors (Lipinski definition) is 3. The second kappa shape index (κ2) is 4.57. The summed E-state index contributed by atoms with van der Waals surface area (Å²) < 4.78 is 1.53. The maximum absolute atomic E-state index is 12.0. The molecule has 3 aromatic rings. The van der Waals surface area contributed by atoms with Gasteiger partial charge in [0.25, 0.3) is 5.56 Å². The first-order valence-electron chi connectivity index (χ1n) is 6.03. The first kappa shape index (κ1) is 11.5. The van der Waals surface area contributed by atoms with Crippen LogP contribution in [0.15, 0.2) is 65.6 Å². The average Bonchev–Trinajstić information content (AvgIpc) is 2.47. The van der Waals surface area contributed by atoms with Crippen molar-refractivity contribution < 1.29 is 0 Å². The number of nitrogens with zero attached hydrogens (tertiary/aromatic N) is 3. The standard InChI is InChI=1S/C15H13N3O/c1-17(12-7-3-2-4-8-12)14-11-15(19)18-10-6-5-9-13(18)16-14/h2-11H,1H3. The van der Waals surface area contributed by atoms with Crippen molar-refractivity contribution in [1.82, 2.24) is 9.38 Å². The van der Waals surface area contributed by atoms with E-state index in [2.05, 4.69) is 4.98 Å². The molecule has 0 radical (unpaired) electrons. The van der Waals surface area contributed by atoms with Crippen LogP contribution in [0, 0.1) is 0 Å². The summed E-state index contributed by atoms with van der Waals surface area (Å²) in [4.78, 5) is 18.4. The minimum atomic E-state index is -0.0802. The number of aromatic nitrogens is 2. The second-order valence-corrected chi connectivity index (χ2v) is 4.28. The van der Waals surface area contributed by atoms with Crippen molar-refractivity contribution >= 4 is 17.2 Å². The van der Waals surface area contributed by atoms with Gasteiger partial charge in [-0.1, -0.05) is 24.3 Å². The molecule has 0 bridgehead atoms. The molecule has 0 N–H and O–H groups in total. The van der Waals surface area contributed by atoms with Crippen LogP contribution in [0.3, 0.4) is 0 Å². The number of fused-ring (bicyclic) bond motifs is 1. The highest BCUT2D eigenvalue weighted by Crippen LogP contribution is 2.20. The molecule has 0 amide bonds. The fourth-order valence-corrected chi connectivity index (χ4v) is 2.00. The van der Waals surface area contributed by atoms with Gasteiger partial charge < -0.3 is 4.90 Å². The zero-order valence-electron chi connectivity index (χ0n) is 10.5. The largest absolute Gasteiger partial charge is 0.329 e. The lowest BCUT2D eigenvalue weighted by atomic mass is 10.3. The second-order valence-electron chi connectivity index (χ2n) is 4.28. The topological polar surface area (TPSA) is 37.6 Å². The molecule has 0 spiro atoms. The number of benzene rings is 1. The van der Waals surface area contributed by atoms with Gasteiger partial charge in [-0.15, -0.1) is 0 Å². The van der Waals surface area contributed by atoms with Crippen molar-refractivity contribution in [3.05, 3.63) is 71.1 Å². The molecular weight excluding hydrogens is 238 g/mol. The van der Waals surface area contributed by atoms with E-state index in [1.54, 1.807) is 12.3 Å². The lowest BCUT2D eigenvalue weighted by molar-refractivity contribution is 1.02. The van der Waals surface area contributed by atoms with Crippen molar-refractivity contribution in [3.8, 4) is 0 Å². The summed E-state index contributed by atoms with van der Waals surface area (Å²) in [5.74, 6) is 0.641. The summed E-state index contributed by atoms with van der Waals surface area (Å²) in [5, 5.41) is 0. The number of para-hydroxylation sites is 1. The Hall–Kier alpha value is -2.62. The maximum Gasteiger partial charge on any atom is 0.259 e. The molecule has 0 atom stereocenters. The first-order chi connectivity index (χ1) is 9.25. The van der Waals surface area contributed by atoms with Crippen molar-refractivity contribution in [2.75, 3.05) is 11.9 Å². The van der Waals surface area contributed by atoms with E-state index in [0.29, 0.717) is 11.5 Å². The fraction of sp³-hybridized carbons (Fsp3) is 0.0667. The summed E-state index contributed by atoms with van der Waals surface area (Å²) in [5.41, 5.74) is 1.56. The molecule has 4 heteroatoms. The zero-order chi connectivity index (χ0) is 13.2. The van der Waals surface area contributed by atoms with E-state index >= 15 is 0 Å². The highest BCUT2D eigenvalue weighted by Gasteiger charge is 2.07. The predicted octanol–water partition coefficient (Wildman–Crippen LogP) is 2.46. The summed E-state index contributed by atoms with van der Waals surface area (Å²) >= 11 is 0. The fourth-order valence-electron chi connectivity index (χ4n) is 2.00. The molecule has 0 unspecified atom stereocenters. The Bertz CT molecular complexity index is 765. The summed E-state index contributed by atoms with van der Waals surface area (Å²) in [6, 6.07) is 16.9. The van der Waals surface area contributed by atoms with E-state index in [1.807, 2.05) is 60.5 Å². The molecule has 1 aromatic carbocycles. The molecule has 0 aliphatic heterocycles. The SMILES string of the molecule is CN(c1ccccc1)c1cc(=O)n2ccccc2n1. The Morgan fingerprint density at radius 2 is 1.79 bits per heavy atom. The first-order valence-corrected chi connectivity index (χ1v) is 6.03. The van der Waals surface area contributed by atoms with Gasteiger partial charge in [-0.05, 0) is 24.3 Å². The van der Waals surface area contributed by atoms with Gasteiger partial charge in [0, 0.05) is 25.0 Å². The molecular formula is C15H13N3O. The molecule has 19 heavy (non-hydrogen) atoms. The van der Waals surface area contributed by atoms with Gasteiger partial charge in [0.05, 0.1) is 0 Å². The van der Waals surface area contributed by atoms with Gasteiger partial charge in [0.2, 0.25) is 0 Å². The highest BCUT2D eigenvalue weighted by molar-refractivity contribution is 5.60. The molecule has 0 saturated carbocycles. The van der Waals surface area contributed by atoms with Crippen molar-refractivity contribution in [1.29, 1.82) is 0 Å². The van der Waals surface area contributed by atoms with Gasteiger partial charge in [-0.25, -0.2) is 4.98 Å². The van der Waals surface area contributed by atoms with E-state index in [9.17, 15) is 4.79 Å². The maximum atomic E-state index is 12.0. The van der Waals surface area contributed by atoms with E-state index < -0.39 is 0 Å². The quantitative estimate of drug-likeness (QED) is 0.702. The molecule has 0 fully saturated rings. The lowest BCUT2D eigenvalue weighted by Crippen LogP contribution is -2.19. The van der Waals surface area contributed by atoms with Gasteiger partial charge in [0.1, 0.15) is 11.5 Å². The normalized spacial score (nSPS) is 10.6. The number of rotatable bonds is 2. The third-order valence-corrected chi connectivity index (χ3v) is 3.04. The molecule has 4 nitrogen and oxygen atoms in total. The van der Waals surface area contributed by atoms with Crippen LogP contribution in [-0.4, -0.2) is 16.4 Å². The zero-order valence-corrected chi connectivity index (χ0v) is 10.5. The van der Waals surface area contributed by atoms with Crippen LogP contribution < -0.4 is 10.5 Å². The molecule has 2 aromatic heterocycles. The van der Waals surface area contributed by atoms with Gasteiger partial charge >= 0.3 is 0 Å². The Morgan fingerprint density at radius 1 is 1.05 bits per heavy atom. The number of hydrogen-bond donors (Lipinski definition) is 0. The van der Waals surface area contributed by atoms with Crippen molar-refractivity contribution in [2.24, 2.45) is 0 Å². The highest BCUT2D eigenvalue weighted by atomic mass is 16.1. The lowest BCUT2D eigenvalue weighted by Gasteiger charge is -2.18. The Morgan fingerprint density at radius 3 is 2.58 bits per heavy atom. The van der Waals surface area contributed by atoms with Gasteiger partial charge in [-0.2, -0.15) is 0 Å². The summed E-state index contributed by atoms with van der Waals surface area (Å²) in [6.07, 6.45) is 1.72. The third kappa shape index (κ3) is 2.08. The average molecular weight is 251 g/mol. The molecule has 94 valence electrons. The minimum absolute atomic E-state index is 0.0802. The Balaban J connectivity index is 2.14. The van der Waals surface area contributed by atoms with E-state index in [1.165, 1.54) is 4.40 Å². The van der Waals surface area contributed by atoms with Crippen LogP contribution in [0.4, 0.5) is 11.5 Å². The number of pyridine rings is 1. The van der Waals surface area contributed by atoms with Crippen LogP contribution in [0.2, 0.25) is 0 Å². The smallest absolute Gasteiger partial charge is 0.259 e. The molecule has 2 heterocycles.